The maximum atomic E-state index is 12.1. The molecule has 1 N–H and O–H groups in total. The molecule has 0 atom stereocenters. The number of hydrogen-bond donors (Lipinski definition) is 1. The molecule has 0 radical (unpaired) electrons. The van der Waals surface area contributed by atoms with Crippen LogP contribution in [0.15, 0.2) is 24.3 Å². The predicted octanol–water partition coefficient (Wildman–Crippen LogP) is 3.33. The molecule has 0 fully saturated rings. The smallest absolute Gasteiger partial charge is 0.238 e. The largest absolute Gasteiger partial charge is 0.257 e. The first-order valence-electron chi connectivity index (χ1n) is 6.42. The molecule has 2 rings (SSSR count). The van der Waals surface area contributed by atoms with Crippen LogP contribution in [0.3, 0.4) is 0 Å². The lowest BCUT2D eigenvalue weighted by atomic mass is 10.1. The van der Waals surface area contributed by atoms with Gasteiger partial charge in [0.05, 0.1) is 5.75 Å². The Kier molecular flexibility index (Phi) is 5.18. The number of anilines is 1. The third-order valence-electron chi connectivity index (χ3n) is 2.60. The number of nitrogens with zero attached hydrogens (tertiary/aromatic N) is 2. The number of rotatable bonds is 6. The molecular formula is C13H16ClN3O2S2. The summed E-state index contributed by atoms with van der Waals surface area (Å²) < 4.78 is 26.7. The topological polar surface area (TPSA) is 72.0 Å². The molecule has 8 heteroatoms. The summed E-state index contributed by atoms with van der Waals surface area (Å²) in [5, 5.41) is 9.38. The lowest BCUT2D eigenvalue weighted by Crippen LogP contribution is -2.15. The highest BCUT2D eigenvalue weighted by Crippen LogP contribution is 2.22. The third kappa shape index (κ3) is 4.94. The molecule has 0 spiro atoms. The van der Waals surface area contributed by atoms with Gasteiger partial charge < -0.3 is 0 Å². The lowest BCUT2D eigenvalue weighted by Gasteiger charge is -2.06. The fraction of sp³-hybridized carbons (Fsp3) is 0.385. The van der Waals surface area contributed by atoms with Crippen molar-refractivity contribution in [3.8, 4) is 0 Å². The van der Waals surface area contributed by atoms with E-state index >= 15 is 0 Å². The lowest BCUT2D eigenvalue weighted by molar-refractivity contribution is 0.600. The summed E-state index contributed by atoms with van der Waals surface area (Å²) in [4.78, 5) is 0. The Morgan fingerprint density at radius 2 is 2.00 bits per heavy atom. The third-order valence-corrected chi connectivity index (χ3v) is 5.15. The Labute approximate surface area is 133 Å². The van der Waals surface area contributed by atoms with Gasteiger partial charge in [-0.15, -0.1) is 10.2 Å². The van der Waals surface area contributed by atoms with Crippen LogP contribution in [-0.4, -0.2) is 18.6 Å². The Morgan fingerprint density at radius 3 is 2.67 bits per heavy atom. The molecule has 2 aromatic rings. The van der Waals surface area contributed by atoms with Crippen LogP contribution in [0.25, 0.3) is 0 Å². The van der Waals surface area contributed by atoms with Crippen molar-refractivity contribution in [2.75, 3.05) is 4.72 Å². The van der Waals surface area contributed by atoms with Crippen molar-refractivity contribution in [1.82, 2.24) is 10.2 Å². The van der Waals surface area contributed by atoms with Gasteiger partial charge in [0, 0.05) is 11.4 Å². The Morgan fingerprint density at radius 1 is 1.29 bits per heavy atom. The number of benzene rings is 1. The first-order chi connectivity index (χ1) is 9.85. The SMILES string of the molecule is CC(C)Cc1nnc(NS(=O)(=O)Cc2ccccc2Cl)s1. The second kappa shape index (κ2) is 6.72. The van der Waals surface area contributed by atoms with Gasteiger partial charge in [-0.05, 0) is 17.5 Å². The van der Waals surface area contributed by atoms with Crippen LogP contribution in [0.5, 0.6) is 0 Å². The Bertz CT molecular complexity index is 714. The normalized spacial score (nSPS) is 11.8. The summed E-state index contributed by atoms with van der Waals surface area (Å²) in [6.07, 6.45) is 0.782. The molecule has 0 unspecified atom stereocenters. The molecule has 1 aromatic carbocycles. The second-order valence-corrected chi connectivity index (χ2v) is 8.24. The van der Waals surface area contributed by atoms with Gasteiger partial charge in [0.25, 0.3) is 0 Å². The number of halogens is 1. The zero-order valence-corrected chi connectivity index (χ0v) is 14.1. The van der Waals surface area contributed by atoms with Crippen molar-refractivity contribution in [2.24, 2.45) is 5.92 Å². The molecule has 0 amide bonds. The summed E-state index contributed by atoms with van der Waals surface area (Å²) in [7, 11) is -3.55. The first-order valence-corrected chi connectivity index (χ1v) is 9.26. The molecule has 0 saturated heterocycles. The van der Waals surface area contributed by atoms with Crippen molar-refractivity contribution in [3.63, 3.8) is 0 Å². The van der Waals surface area contributed by atoms with E-state index in [4.69, 9.17) is 11.6 Å². The van der Waals surface area contributed by atoms with Crippen molar-refractivity contribution in [1.29, 1.82) is 0 Å². The Balaban J connectivity index is 2.07. The Hall–Kier alpha value is -1.18. The molecule has 1 heterocycles. The number of sulfonamides is 1. The van der Waals surface area contributed by atoms with E-state index in [1.807, 2.05) is 0 Å². The van der Waals surface area contributed by atoms with Gasteiger partial charge in [0.15, 0.2) is 0 Å². The van der Waals surface area contributed by atoms with Crippen LogP contribution in [0.1, 0.15) is 24.4 Å². The fourth-order valence-electron chi connectivity index (χ4n) is 1.72. The van der Waals surface area contributed by atoms with Gasteiger partial charge in [0.1, 0.15) is 5.01 Å². The van der Waals surface area contributed by atoms with Crippen LogP contribution in [0, 0.1) is 5.92 Å². The van der Waals surface area contributed by atoms with Gasteiger partial charge in [0.2, 0.25) is 15.2 Å². The van der Waals surface area contributed by atoms with E-state index in [1.54, 1.807) is 24.3 Å². The predicted molar refractivity (Wildman–Crippen MR) is 86.1 cm³/mol. The van der Waals surface area contributed by atoms with E-state index in [9.17, 15) is 8.42 Å². The molecule has 21 heavy (non-hydrogen) atoms. The van der Waals surface area contributed by atoms with Crippen LogP contribution in [0.2, 0.25) is 5.02 Å². The minimum absolute atomic E-state index is 0.189. The molecule has 0 aliphatic heterocycles. The zero-order valence-electron chi connectivity index (χ0n) is 11.7. The summed E-state index contributed by atoms with van der Waals surface area (Å²) in [6.45, 7) is 4.14. The number of aromatic nitrogens is 2. The van der Waals surface area contributed by atoms with Gasteiger partial charge in [-0.25, -0.2) is 8.42 Å². The molecule has 0 bridgehead atoms. The van der Waals surface area contributed by atoms with Crippen molar-refractivity contribution in [2.45, 2.75) is 26.0 Å². The van der Waals surface area contributed by atoms with E-state index in [0.29, 0.717) is 16.5 Å². The van der Waals surface area contributed by atoms with Crippen LogP contribution in [0.4, 0.5) is 5.13 Å². The standard InChI is InChI=1S/C13H16ClN3O2S2/c1-9(2)7-12-15-16-13(20-12)17-21(18,19)8-10-5-3-4-6-11(10)14/h3-6,9H,7-8H2,1-2H3,(H,16,17). The minimum Gasteiger partial charge on any atom is -0.257 e. The molecule has 0 aliphatic rings. The highest BCUT2D eigenvalue weighted by molar-refractivity contribution is 7.92. The summed E-state index contributed by atoms with van der Waals surface area (Å²) in [6, 6.07) is 6.86. The highest BCUT2D eigenvalue weighted by Gasteiger charge is 2.16. The summed E-state index contributed by atoms with van der Waals surface area (Å²) >= 11 is 7.23. The molecule has 1 aromatic heterocycles. The zero-order chi connectivity index (χ0) is 15.5. The molecule has 5 nitrogen and oxygen atoms in total. The van der Waals surface area contributed by atoms with Crippen molar-refractivity contribution in [3.05, 3.63) is 39.9 Å². The van der Waals surface area contributed by atoms with E-state index in [2.05, 4.69) is 28.8 Å². The monoisotopic (exact) mass is 345 g/mol. The quantitative estimate of drug-likeness (QED) is 0.871. The average molecular weight is 346 g/mol. The van der Waals surface area contributed by atoms with E-state index in [0.717, 1.165) is 11.4 Å². The van der Waals surface area contributed by atoms with Gasteiger partial charge in [-0.1, -0.05) is 55.0 Å². The average Bonchev–Trinajstić information content (AvgIpc) is 2.77. The van der Waals surface area contributed by atoms with Crippen molar-refractivity contribution < 1.29 is 8.42 Å². The molecule has 114 valence electrons. The fourth-order valence-corrected chi connectivity index (χ4v) is 4.39. The van der Waals surface area contributed by atoms with E-state index < -0.39 is 10.0 Å². The van der Waals surface area contributed by atoms with E-state index in [1.165, 1.54) is 11.3 Å². The summed E-state index contributed by atoms with van der Waals surface area (Å²) in [5.74, 6) is 0.261. The second-order valence-electron chi connectivity index (χ2n) is 5.05. The van der Waals surface area contributed by atoms with Crippen LogP contribution in [-0.2, 0) is 22.2 Å². The van der Waals surface area contributed by atoms with Crippen LogP contribution >= 0.6 is 22.9 Å². The van der Waals surface area contributed by atoms with Gasteiger partial charge in [-0.2, -0.15) is 0 Å². The van der Waals surface area contributed by atoms with Crippen LogP contribution < -0.4 is 4.72 Å². The van der Waals surface area contributed by atoms with Crippen molar-refractivity contribution >= 4 is 38.1 Å². The maximum absolute atomic E-state index is 12.1. The number of hydrogen-bond acceptors (Lipinski definition) is 5. The van der Waals surface area contributed by atoms with Gasteiger partial charge in [-0.3, -0.25) is 4.72 Å². The molecule has 0 saturated carbocycles. The van der Waals surface area contributed by atoms with E-state index in [-0.39, 0.29) is 10.9 Å². The minimum atomic E-state index is -3.55. The van der Waals surface area contributed by atoms with Gasteiger partial charge >= 0.3 is 0 Å². The molecular weight excluding hydrogens is 330 g/mol. The number of nitrogens with one attached hydrogen (secondary N) is 1. The molecule has 0 aliphatic carbocycles. The maximum Gasteiger partial charge on any atom is 0.238 e. The summed E-state index contributed by atoms with van der Waals surface area (Å²) in [5.41, 5.74) is 0.554. The first kappa shape index (κ1) is 16.2. The highest BCUT2D eigenvalue weighted by atomic mass is 35.5.